The van der Waals surface area contributed by atoms with Gasteiger partial charge in [0, 0.05) is 35.9 Å². The highest BCUT2D eigenvalue weighted by atomic mass is 32.2. The van der Waals surface area contributed by atoms with Gasteiger partial charge in [-0.05, 0) is 68.7 Å². The van der Waals surface area contributed by atoms with Crippen molar-refractivity contribution in [2.24, 2.45) is 5.41 Å². The number of carboxylic acids is 1. The molecule has 0 spiro atoms. The fourth-order valence-corrected chi connectivity index (χ4v) is 3.86. The Morgan fingerprint density at radius 3 is 2.48 bits per heavy atom. The summed E-state index contributed by atoms with van der Waals surface area (Å²) in [6, 6.07) is 15.0. The van der Waals surface area contributed by atoms with Crippen molar-refractivity contribution >= 4 is 32.7 Å². The van der Waals surface area contributed by atoms with Crippen molar-refractivity contribution in [3.05, 3.63) is 60.3 Å². The average molecular weight is 445 g/mol. The van der Waals surface area contributed by atoms with Crippen LogP contribution in [0.2, 0.25) is 0 Å². The first-order valence-corrected chi connectivity index (χ1v) is 11.9. The van der Waals surface area contributed by atoms with Crippen molar-refractivity contribution < 1.29 is 22.5 Å². The molecule has 1 heterocycles. The topological polar surface area (TPSA) is 97.6 Å². The first-order chi connectivity index (χ1) is 14.5. The van der Waals surface area contributed by atoms with E-state index in [1.807, 2.05) is 42.6 Å². The number of carboxylic acid groups (broad SMARTS) is 1. The van der Waals surface area contributed by atoms with Crippen LogP contribution < -0.4 is 9.50 Å². The molecule has 2 aromatic carbocycles. The highest BCUT2D eigenvalue weighted by Crippen LogP contribution is 2.24. The molecule has 0 fully saturated rings. The van der Waals surface area contributed by atoms with E-state index >= 15 is 0 Å². The summed E-state index contributed by atoms with van der Waals surface area (Å²) < 4.78 is 29.6. The smallest absolute Gasteiger partial charge is 0.309 e. The lowest BCUT2D eigenvalue weighted by molar-refractivity contribution is -0.146. The zero-order chi connectivity index (χ0) is 22.6. The van der Waals surface area contributed by atoms with Crippen LogP contribution in [0.25, 0.3) is 10.9 Å². The van der Waals surface area contributed by atoms with Crippen molar-refractivity contribution in [2.75, 3.05) is 18.1 Å². The lowest BCUT2D eigenvalue weighted by atomic mass is 9.86. The Kier molecular flexibility index (Phi) is 6.59. The van der Waals surface area contributed by atoms with Crippen LogP contribution in [0.4, 0.5) is 5.69 Å². The monoisotopic (exact) mass is 444 g/mol. The van der Waals surface area contributed by atoms with Crippen molar-refractivity contribution in [1.29, 1.82) is 0 Å². The number of nitrogens with zero attached hydrogens (tertiary/aromatic N) is 1. The minimum atomic E-state index is -3.54. The van der Waals surface area contributed by atoms with Gasteiger partial charge < -0.3 is 19.2 Å². The third-order valence-corrected chi connectivity index (χ3v) is 5.57. The number of fused-ring (bicyclic) bond motifs is 1. The summed E-state index contributed by atoms with van der Waals surface area (Å²) >= 11 is 0. The largest absolute Gasteiger partial charge is 0.481 e. The lowest BCUT2D eigenvalue weighted by Gasteiger charge is -2.19. The number of benzene rings is 2. The van der Waals surface area contributed by atoms with Gasteiger partial charge in [0.25, 0.3) is 0 Å². The SMILES string of the molecule is CC(C)(Cc1ccc(NCCCn2ccc3cc(OS(C)(=O)=O)ccc32)cc1)C(=O)O. The van der Waals surface area contributed by atoms with Gasteiger partial charge in [-0.2, -0.15) is 8.42 Å². The van der Waals surface area contributed by atoms with E-state index in [2.05, 4.69) is 9.88 Å². The van der Waals surface area contributed by atoms with E-state index in [0.717, 1.165) is 47.9 Å². The van der Waals surface area contributed by atoms with Gasteiger partial charge >= 0.3 is 16.1 Å². The number of aliphatic carboxylic acids is 1. The number of aromatic nitrogens is 1. The summed E-state index contributed by atoms with van der Waals surface area (Å²) in [6.45, 7) is 5.06. The van der Waals surface area contributed by atoms with Gasteiger partial charge in [-0.3, -0.25) is 4.79 Å². The molecular weight excluding hydrogens is 416 g/mol. The van der Waals surface area contributed by atoms with Gasteiger partial charge in [0.2, 0.25) is 0 Å². The van der Waals surface area contributed by atoms with Crippen LogP contribution in [0.15, 0.2) is 54.7 Å². The molecule has 0 saturated heterocycles. The number of aryl methyl sites for hydroxylation is 1. The maximum absolute atomic E-state index is 11.3. The van der Waals surface area contributed by atoms with Gasteiger partial charge in [0.15, 0.2) is 0 Å². The summed E-state index contributed by atoms with van der Waals surface area (Å²) in [6.07, 6.45) is 4.40. The van der Waals surface area contributed by atoms with Crippen LogP contribution >= 0.6 is 0 Å². The second-order valence-corrected chi connectivity index (χ2v) is 9.94. The van der Waals surface area contributed by atoms with E-state index in [1.165, 1.54) is 0 Å². The molecule has 2 N–H and O–H groups in total. The van der Waals surface area contributed by atoms with Crippen LogP contribution in [0.3, 0.4) is 0 Å². The minimum Gasteiger partial charge on any atom is -0.481 e. The van der Waals surface area contributed by atoms with Crippen molar-refractivity contribution in [1.82, 2.24) is 4.57 Å². The van der Waals surface area contributed by atoms with Crippen molar-refractivity contribution in [3.8, 4) is 5.75 Å². The molecule has 0 aliphatic rings. The Labute approximate surface area is 182 Å². The molecule has 31 heavy (non-hydrogen) atoms. The molecule has 166 valence electrons. The van der Waals surface area contributed by atoms with Crippen LogP contribution in [0.5, 0.6) is 5.75 Å². The summed E-state index contributed by atoms with van der Waals surface area (Å²) in [4.78, 5) is 11.3. The molecule has 7 nitrogen and oxygen atoms in total. The van der Waals surface area contributed by atoms with Gasteiger partial charge in [0.05, 0.1) is 11.7 Å². The molecule has 0 saturated carbocycles. The van der Waals surface area contributed by atoms with Crippen molar-refractivity contribution in [3.63, 3.8) is 0 Å². The molecule has 0 bridgehead atoms. The average Bonchev–Trinajstić information content (AvgIpc) is 3.07. The maximum Gasteiger partial charge on any atom is 0.309 e. The molecule has 0 aliphatic carbocycles. The number of rotatable bonds is 10. The quantitative estimate of drug-likeness (QED) is 0.360. The normalized spacial score (nSPS) is 12.1. The molecule has 0 radical (unpaired) electrons. The fraction of sp³-hybridized carbons (Fsp3) is 0.348. The second kappa shape index (κ2) is 9.01. The Hall–Kier alpha value is -3.00. The van der Waals surface area contributed by atoms with Gasteiger partial charge in [-0.25, -0.2) is 0 Å². The van der Waals surface area contributed by atoms with Crippen LogP contribution in [0, 0.1) is 5.41 Å². The molecule has 0 amide bonds. The summed E-state index contributed by atoms with van der Waals surface area (Å²) in [7, 11) is -3.54. The van der Waals surface area contributed by atoms with Crippen LogP contribution in [0.1, 0.15) is 25.8 Å². The molecular formula is C23H28N2O5S. The van der Waals surface area contributed by atoms with Crippen LogP contribution in [-0.4, -0.2) is 36.9 Å². The third kappa shape index (κ3) is 6.24. The Morgan fingerprint density at radius 1 is 1.13 bits per heavy atom. The van der Waals surface area contributed by atoms with E-state index < -0.39 is 21.5 Å². The minimum absolute atomic E-state index is 0.310. The van der Waals surface area contributed by atoms with Crippen LogP contribution in [-0.2, 0) is 27.9 Å². The molecule has 8 heteroatoms. The van der Waals surface area contributed by atoms with Gasteiger partial charge in [-0.1, -0.05) is 12.1 Å². The summed E-state index contributed by atoms with van der Waals surface area (Å²) in [5.41, 5.74) is 2.23. The number of anilines is 1. The lowest BCUT2D eigenvalue weighted by Crippen LogP contribution is -2.26. The highest BCUT2D eigenvalue weighted by molar-refractivity contribution is 7.86. The summed E-state index contributed by atoms with van der Waals surface area (Å²) in [5.74, 6) is -0.490. The van der Waals surface area contributed by atoms with E-state index in [0.29, 0.717) is 12.2 Å². The molecule has 3 rings (SSSR count). The zero-order valence-corrected chi connectivity index (χ0v) is 18.8. The Bertz CT molecular complexity index is 1160. The maximum atomic E-state index is 11.3. The van der Waals surface area contributed by atoms with Crippen molar-refractivity contribution in [2.45, 2.75) is 33.2 Å². The predicted molar refractivity (Wildman–Crippen MR) is 122 cm³/mol. The number of hydrogen-bond donors (Lipinski definition) is 2. The van der Waals surface area contributed by atoms with E-state index in [1.54, 1.807) is 26.0 Å². The Balaban J connectivity index is 1.51. The third-order valence-electron chi connectivity index (χ3n) is 5.07. The number of hydrogen-bond acceptors (Lipinski definition) is 5. The fourth-order valence-electron chi connectivity index (χ4n) is 3.41. The number of carbonyl (C=O) groups is 1. The molecule has 3 aromatic rings. The van der Waals surface area contributed by atoms with Gasteiger partial charge in [-0.15, -0.1) is 0 Å². The second-order valence-electron chi connectivity index (χ2n) is 8.36. The predicted octanol–water partition coefficient (Wildman–Crippen LogP) is 4.14. The number of nitrogens with one attached hydrogen (secondary N) is 1. The zero-order valence-electron chi connectivity index (χ0n) is 18.0. The standard InChI is InChI=1S/C23H28N2O5S/c1-23(2,22(26)27)16-17-5-7-19(8-6-17)24-12-4-13-25-14-11-18-15-20(9-10-21(18)25)30-31(3,28)29/h5-11,14-15,24H,4,12-13,16H2,1-3H3,(H,26,27). The Morgan fingerprint density at radius 2 is 1.84 bits per heavy atom. The highest BCUT2D eigenvalue weighted by Gasteiger charge is 2.27. The summed E-state index contributed by atoms with van der Waals surface area (Å²) in [5, 5.41) is 13.6. The van der Waals surface area contributed by atoms with E-state index in [9.17, 15) is 18.3 Å². The van der Waals surface area contributed by atoms with E-state index in [-0.39, 0.29) is 0 Å². The van der Waals surface area contributed by atoms with Gasteiger partial charge in [0.1, 0.15) is 5.75 Å². The molecule has 1 aromatic heterocycles. The first kappa shape index (κ1) is 22.7. The molecule has 0 unspecified atom stereocenters. The molecule has 0 atom stereocenters. The first-order valence-electron chi connectivity index (χ1n) is 10.1. The van der Waals surface area contributed by atoms with E-state index in [4.69, 9.17) is 4.18 Å². The molecule has 0 aliphatic heterocycles.